The molecule has 28 heavy (non-hydrogen) atoms. The van der Waals surface area contributed by atoms with Crippen molar-refractivity contribution in [3.05, 3.63) is 47.3 Å². The van der Waals surface area contributed by atoms with Crippen molar-refractivity contribution in [3.8, 4) is 0 Å². The fraction of sp³-hybridized carbons (Fsp3) is 0.400. The fourth-order valence-electron chi connectivity index (χ4n) is 3.50. The first-order valence-electron chi connectivity index (χ1n) is 9.55. The van der Waals surface area contributed by atoms with Crippen molar-refractivity contribution in [1.29, 1.82) is 0 Å². The van der Waals surface area contributed by atoms with E-state index >= 15 is 0 Å². The minimum atomic E-state index is -0.754. The monoisotopic (exact) mass is 381 g/mol. The molecular weight excluding hydrogens is 358 g/mol. The van der Waals surface area contributed by atoms with E-state index in [-0.39, 0.29) is 18.0 Å². The molecular formula is C20H23N5O3. The quantitative estimate of drug-likeness (QED) is 0.697. The topological polar surface area (TPSA) is 105 Å². The molecule has 3 amide bonds. The second-order valence-corrected chi connectivity index (χ2v) is 7.37. The van der Waals surface area contributed by atoms with E-state index in [9.17, 15) is 14.4 Å². The highest BCUT2D eigenvalue weighted by Gasteiger charge is 2.27. The van der Waals surface area contributed by atoms with Gasteiger partial charge >= 0.3 is 11.8 Å². The van der Waals surface area contributed by atoms with E-state index in [1.54, 1.807) is 30.5 Å². The van der Waals surface area contributed by atoms with Crippen molar-refractivity contribution in [3.63, 3.8) is 0 Å². The van der Waals surface area contributed by atoms with Gasteiger partial charge in [0.15, 0.2) is 0 Å². The summed E-state index contributed by atoms with van der Waals surface area (Å²) in [6, 6.07) is 6.62. The molecule has 1 aromatic carbocycles. The maximum absolute atomic E-state index is 12.4. The zero-order valence-corrected chi connectivity index (χ0v) is 15.7. The van der Waals surface area contributed by atoms with Crippen LogP contribution in [-0.4, -0.2) is 33.5 Å². The first-order chi connectivity index (χ1) is 13.5. The number of amides is 3. The van der Waals surface area contributed by atoms with Crippen LogP contribution in [0.3, 0.4) is 0 Å². The summed E-state index contributed by atoms with van der Waals surface area (Å²) >= 11 is 0. The predicted octanol–water partition coefficient (Wildman–Crippen LogP) is 1.44. The van der Waals surface area contributed by atoms with Gasteiger partial charge in [0, 0.05) is 35.6 Å². The Morgan fingerprint density at radius 2 is 1.93 bits per heavy atom. The Kier molecular flexibility index (Phi) is 4.85. The molecule has 8 nitrogen and oxygen atoms in total. The smallest absolute Gasteiger partial charge is 0.313 e. The van der Waals surface area contributed by atoms with Gasteiger partial charge in [0.25, 0.3) is 5.91 Å². The van der Waals surface area contributed by atoms with E-state index in [0.29, 0.717) is 11.3 Å². The Bertz CT molecular complexity index is 932. The molecule has 1 fully saturated rings. The largest absolute Gasteiger partial charge is 0.349 e. The number of nitrogens with one attached hydrogen (secondary N) is 3. The van der Waals surface area contributed by atoms with Crippen LogP contribution in [0.4, 0.5) is 5.69 Å². The van der Waals surface area contributed by atoms with Gasteiger partial charge < -0.3 is 16.0 Å². The van der Waals surface area contributed by atoms with Crippen molar-refractivity contribution in [2.45, 2.75) is 44.2 Å². The third-order valence-corrected chi connectivity index (χ3v) is 5.18. The van der Waals surface area contributed by atoms with Crippen molar-refractivity contribution < 1.29 is 14.4 Å². The molecule has 2 aliphatic carbocycles. The molecule has 8 heteroatoms. The van der Waals surface area contributed by atoms with Gasteiger partial charge in [0.1, 0.15) is 0 Å². The van der Waals surface area contributed by atoms with E-state index < -0.39 is 11.8 Å². The molecule has 1 atom stereocenters. The maximum Gasteiger partial charge on any atom is 0.313 e. The molecule has 0 unspecified atom stereocenters. The van der Waals surface area contributed by atoms with Crippen LogP contribution >= 0.6 is 0 Å². The lowest BCUT2D eigenvalue weighted by atomic mass is 9.93. The summed E-state index contributed by atoms with van der Waals surface area (Å²) in [5.41, 5.74) is 2.92. The Morgan fingerprint density at radius 3 is 2.71 bits per heavy atom. The van der Waals surface area contributed by atoms with E-state index in [2.05, 4.69) is 21.0 Å². The van der Waals surface area contributed by atoms with Gasteiger partial charge in [-0.1, -0.05) is 6.07 Å². The molecule has 2 aliphatic rings. The van der Waals surface area contributed by atoms with Crippen molar-refractivity contribution >= 4 is 23.4 Å². The van der Waals surface area contributed by atoms with Crippen LogP contribution in [0, 0.1) is 0 Å². The highest BCUT2D eigenvalue weighted by Crippen LogP contribution is 2.29. The number of carbonyl (C=O) groups is 3. The van der Waals surface area contributed by atoms with Crippen LogP contribution < -0.4 is 16.0 Å². The lowest BCUT2D eigenvalue weighted by Gasteiger charge is -2.23. The summed E-state index contributed by atoms with van der Waals surface area (Å²) in [6.45, 7) is 0. The second kappa shape index (κ2) is 7.46. The molecule has 3 N–H and O–H groups in total. The maximum atomic E-state index is 12.4. The Labute approximate surface area is 162 Å². The number of nitrogens with zero attached hydrogens (tertiary/aromatic N) is 2. The van der Waals surface area contributed by atoms with Crippen LogP contribution in [0.2, 0.25) is 0 Å². The summed E-state index contributed by atoms with van der Waals surface area (Å²) in [7, 11) is 1.88. The highest BCUT2D eigenvalue weighted by molar-refractivity contribution is 6.39. The Hall–Kier alpha value is -3.16. The number of carbonyl (C=O) groups excluding carboxylic acids is 3. The number of rotatable bonds is 4. The number of hydrogen-bond donors (Lipinski definition) is 3. The summed E-state index contributed by atoms with van der Waals surface area (Å²) in [4.78, 5) is 36.8. The zero-order chi connectivity index (χ0) is 19.7. The second-order valence-electron chi connectivity index (χ2n) is 7.37. The van der Waals surface area contributed by atoms with Crippen molar-refractivity contribution in [2.75, 3.05) is 5.32 Å². The molecule has 146 valence electrons. The minimum Gasteiger partial charge on any atom is -0.349 e. The van der Waals surface area contributed by atoms with E-state index in [1.807, 2.05) is 11.7 Å². The highest BCUT2D eigenvalue weighted by atomic mass is 16.2. The fourth-order valence-corrected chi connectivity index (χ4v) is 3.50. The van der Waals surface area contributed by atoms with Gasteiger partial charge in [-0.3, -0.25) is 19.1 Å². The van der Waals surface area contributed by atoms with Crippen LogP contribution in [0.15, 0.2) is 30.5 Å². The Morgan fingerprint density at radius 1 is 1.11 bits per heavy atom. The van der Waals surface area contributed by atoms with Crippen LogP contribution in [-0.2, 0) is 23.1 Å². The number of aryl methyl sites for hydroxylation is 1. The number of fused-ring (bicyclic) bond motifs is 1. The summed E-state index contributed by atoms with van der Waals surface area (Å²) < 4.78 is 1.81. The number of hydrogen-bond acceptors (Lipinski definition) is 4. The normalized spacial score (nSPS) is 18.1. The van der Waals surface area contributed by atoms with E-state index in [1.165, 1.54) is 0 Å². The lowest BCUT2D eigenvalue weighted by Crippen LogP contribution is -2.38. The first kappa shape index (κ1) is 18.2. The predicted molar refractivity (Wildman–Crippen MR) is 103 cm³/mol. The average molecular weight is 381 g/mol. The van der Waals surface area contributed by atoms with Crippen molar-refractivity contribution in [2.24, 2.45) is 7.05 Å². The zero-order valence-electron chi connectivity index (χ0n) is 15.7. The molecule has 0 radical (unpaired) electrons. The molecule has 0 bridgehead atoms. The average Bonchev–Trinajstić information content (AvgIpc) is 3.42. The van der Waals surface area contributed by atoms with Crippen LogP contribution in [0.5, 0.6) is 0 Å². The van der Waals surface area contributed by atoms with Gasteiger partial charge in [0.2, 0.25) is 0 Å². The molecule has 0 saturated heterocycles. The molecule has 4 rings (SSSR count). The summed E-state index contributed by atoms with van der Waals surface area (Å²) in [5.74, 6) is -1.63. The Balaban J connectivity index is 1.38. The molecule has 1 heterocycles. The molecule has 1 aromatic heterocycles. The minimum absolute atomic E-state index is 0.172. The van der Waals surface area contributed by atoms with Gasteiger partial charge in [-0.2, -0.15) is 5.10 Å². The first-order valence-corrected chi connectivity index (χ1v) is 9.55. The number of anilines is 1. The van der Waals surface area contributed by atoms with Gasteiger partial charge in [-0.15, -0.1) is 0 Å². The van der Waals surface area contributed by atoms with Crippen LogP contribution in [0.25, 0.3) is 0 Å². The van der Waals surface area contributed by atoms with Crippen LogP contribution in [0.1, 0.15) is 53.3 Å². The van der Waals surface area contributed by atoms with Gasteiger partial charge in [-0.25, -0.2) is 0 Å². The van der Waals surface area contributed by atoms with Gasteiger partial charge in [-0.05, 0) is 50.3 Å². The number of aromatic nitrogens is 2. The SMILES string of the molecule is Cn1ncc2c1CCC[C@H]2NC(=O)C(=O)Nc1cccc(C(=O)NC2CC2)c1. The molecule has 2 aromatic rings. The third kappa shape index (κ3) is 3.90. The summed E-state index contributed by atoms with van der Waals surface area (Å²) in [5, 5.41) is 12.5. The lowest BCUT2D eigenvalue weighted by molar-refractivity contribution is -0.136. The third-order valence-electron chi connectivity index (χ3n) is 5.18. The van der Waals surface area contributed by atoms with Gasteiger partial charge in [0.05, 0.1) is 12.2 Å². The molecule has 0 aliphatic heterocycles. The standard InChI is InChI=1S/C20H23N5O3/c1-25-17-7-3-6-16(15(17)11-21-25)24-20(28)19(27)23-14-5-2-4-12(10-14)18(26)22-13-8-9-13/h2,4-5,10-11,13,16H,3,6-9H2,1H3,(H,22,26)(H,23,27)(H,24,28)/t16-/m1/s1. The summed E-state index contributed by atoms with van der Waals surface area (Å²) in [6.07, 6.45) is 6.37. The molecule has 0 spiro atoms. The number of benzene rings is 1. The van der Waals surface area contributed by atoms with E-state index in [4.69, 9.17) is 0 Å². The van der Waals surface area contributed by atoms with E-state index in [0.717, 1.165) is 43.4 Å². The molecule has 1 saturated carbocycles. The van der Waals surface area contributed by atoms with Crippen molar-refractivity contribution in [1.82, 2.24) is 20.4 Å².